The average molecular weight is 273 g/mol. The van der Waals surface area contributed by atoms with E-state index in [9.17, 15) is 13.2 Å². The first-order chi connectivity index (χ1) is 8.92. The predicted octanol–water partition coefficient (Wildman–Crippen LogP) is 4.93. The van der Waals surface area contributed by atoms with Crippen LogP contribution in [0.4, 0.5) is 13.2 Å². The molecular formula is C15H22F3N. The lowest BCUT2D eigenvalue weighted by Gasteiger charge is -2.24. The van der Waals surface area contributed by atoms with Gasteiger partial charge in [0.1, 0.15) is 0 Å². The summed E-state index contributed by atoms with van der Waals surface area (Å²) in [5.41, 5.74) is 0.330. The summed E-state index contributed by atoms with van der Waals surface area (Å²) in [4.78, 5) is 0. The molecule has 0 aliphatic rings. The van der Waals surface area contributed by atoms with Gasteiger partial charge >= 0.3 is 6.18 Å². The molecule has 4 heteroatoms. The number of alkyl halides is 3. The molecule has 1 rings (SSSR count). The quantitative estimate of drug-likeness (QED) is 0.774. The van der Waals surface area contributed by atoms with E-state index < -0.39 is 11.7 Å². The third-order valence-corrected chi connectivity index (χ3v) is 3.47. The minimum absolute atomic E-state index is 0.118. The van der Waals surface area contributed by atoms with Gasteiger partial charge in [-0.1, -0.05) is 32.9 Å². The molecule has 19 heavy (non-hydrogen) atoms. The van der Waals surface area contributed by atoms with E-state index in [0.717, 1.165) is 37.0 Å². The van der Waals surface area contributed by atoms with Crippen molar-refractivity contribution < 1.29 is 13.2 Å². The zero-order valence-corrected chi connectivity index (χ0v) is 11.7. The highest BCUT2D eigenvalue weighted by molar-refractivity contribution is 5.26. The van der Waals surface area contributed by atoms with Crippen molar-refractivity contribution in [1.29, 1.82) is 0 Å². The summed E-state index contributed by atoms with van der Waals surface area (Å²) >= 11 is 0. The number of halogens is 3. The molecule has 0 radical (unpaired) electrons. The Hall–Kier alpha value is -1.03. The Morgan fingerprint density at radius 2 is 1.47 bits per heavy atom. The zero-order chi connectivity index (χ0) is 14.5. The first-order valence-electron chi connectivity index (χ1n) is 6.85. The summed E-state index contributed by atoms with van der Waals surface area (Å²) < 4.78 is 37.5. The first-order valence-corrected chi connectivity index (χ1v) is 6.85. The standard InChI is InChI=1S/C15H22F3N/c1-4-13(5-2)19-14(6-3)11-7-9-12(10-8-11)15(16,17)18/h7-10,13-14,19H,4-6H2,1-3H3. The molecule has 0 saturated heterocycles. The van der Waals surface area contributed by atoms with Gasteiger partial charge in [-0.3, -0.25) is 0 Å². The van der Waals surface area contributed by atoms with Crippen molar-refractivity contribution in [3.05, 3.63) is 35.4 Å². The largest absolute Gasteiger partial charge is 0.416 e. The lowest BCUT2D eigenvalue weighted by atomic mass is 10.0. The highest BCUT2D eigenvalue weighted by atomic mass is 19.4. The van der Waals surface area contributed by atoms with E-state index in [1.807, 2.05) is 6.92 Å². The number of hydrogen-bond donors (Lipinski definition) is 1. The van der Waals surface area contributed by atoms with Gasteiger partial charge in [0.25, 0.3) is 0 Å². The van der Waals surface area contributed by atoms with Gasteiger partial charge in [-0.25, -0.2) is 0 Å². The van der Waals surface area contributed by atoms with Crippen molar-refractivity contribution in [2.45, 2.75) is 58.3 Å². The molecule has 0 bridgehead atoms. The van der Waals surface area contributed by atoms with Crippen LogP contribution in [0.25, 0.3) is 0 Å². The Kier molecular flexibility index (Phi) is 5.85. The Balaban J connectivity index is 2.82. The summed E-state index contributed by atoms with van der Waals surface area (Å²) in [6, 6.07) is 6.00. The molecule has 108 valence electrons. The topological polar surface area (TPSA) is 12.0 Å². The van der Waals surface area contributed by atoms with E-state index in [1.165, 1.54) is 0 Å². The van der Waals surface area contributed by atoms with E-state index in [2.05, 4.69) is 19.2 Å². The van der Waals surface area contributed by atoms with Crippen LogP contribution in [0, 0.1) is 0 Å². The normalized spacial score (nSPS) is 13.8. The van der Waals surface area contributed by atoms with Crippen LogP contribution in [0.15, 0.2) is 24.3 Å². The minimum Gasteiger partial charge on any atom is -0.307 e. The van der Waals surface area contributed by atoms with Crippen molar-refractivity contribution >= 4 is 0 Å². The molecule has 1 N–H and O–H groups in total. The molecule has 0 spiro atoms. The van der Waals surface area contributed by atoms with Crippen LogP contribution in [-0.4, -0.2) is 6.04 Å². The zero-order valence-electron chi connectivity index (χ0n) is 11.7. The van der Waals surface area contributed by atoms with Gasteiger partial charge in [0, 0.05) is 12.1 Å². The molecule has 1 atom stereocenters. The average Bonchev–Trinajstić information content (AvgIpc) is 2.39. The summed E-state index contributed by atoms with van der Waals surface area (Å²) in [6.07, 6.45) is -1.35. The molecule has 0 saturated carbocycles. The van der Waals surface area contributed by atoms with Crippen molar-refractivity contribution in [3.8, 4) is 0 Å². The van der Waals surface area contributed by atoms with Gasteiger partial charge in [-0.05, 0) is 37.0 Å². The molecule has 1 aromatic rings. The lowest BCUT2D eigenvalue weighted by Crippen LogP contribution is -2.31. The highest BCUT2D eigenvalue weighted by Crippen LogP contribution is 2.30. The monoisotopic (exact) mass is 273 g/mol. The number of hydrogen-bond acceptors (Lipinski definition) is 1. The Morgan fingerprint density at radius 3 is 1.84 bits per heavy atom. The lowest BCUT2D eigenvalue weighted by molar-refractivity contribution is -0.137. The van der Waals surface area contributed by atoms with Gasteiger partial charge in [0.15, 0.2) is 0 Å². The van der Waals surface area contributed by atoms with Gasteiger partial charge in [-0.15, -0.1) is 0 Å². The maximum atomic E-state index is 12.5. The van der Waals surface area contributed by atoms with E-state index >= 15 is 0 Å². The fraction of sp³-hybridized carbons (Fsp3) is 0.600. The Morgan fingerprint density at radius 1 is 0.947 bits per heavy atom. The number of benzene rings is 1. The van der Waals surface area contributed by atoms with E-state index in [0.29, 0.717) is 6.04 Å². The molecule has 0 fully saturated rings. The fourth-order valence-corrected chi connectivity index (χ4v) is 2.16. The van der Waals surface area contributed by atoms with Crippen molar-refractivity contribution in [3.63, 3.8) is 0 Å². The summed E-state index contributed by atoms with van der Waals surface area (Å²) in [5, 5.41) is 3.50. The third-order valence-electron chi connectivity index (χ3n) is 3.47. The summed E-state index contributed by atoms with van der Waals surface area (Å²) in [6.45, 7) is 6.26. The van der Waals surface area contributed by atoms with Crippen LogP contribution < -0.4 is 5.32 Å². The van der Waals surface area contributed by atoms with E-state index in [4.69, 9.17) is 0 Å². The van der Waals surface area contributed by atoms with E-state index in [-0.39, 0.29) is 6.04 Å². The van der Waals surface area contributed by atoms with Crippen LogP contribution in [0.3, 0.4) is 0 Å². The maximum absolute atomic E-state index is 12.5. The highest BCUT2D eigenvalue weighted by Gasteiger charge is 2.30. The van der Waals surface area contributed by atoms with E-state index in [1.54, 1.807) is 12.1 Å². The molecule has 0 aliphatic carbocycles. The third kappa shape index (κ3) is 4.53. The fourth-order valence-electron chi connectivity index (χ4n) is 2.16. The van der Waals surface area contributed by atoms with Crippen LogP contribution >= 0.6 is 0 Å². The number of rotatable bonds is 6. The van der Waals surface area contributed by atoms with Gasteiger partial charge in [-0.2, -0.15) is 13.2 Å². The second-order valence-corrected chi connectivity index (χ2v) is 4.76. The summed E-state index contributed by atoms with van der Waals surface area (Å²) in [5.74, 6) is 0. The SMILES string of the molecule is CCC(CC)NC(CC)c1ccc(C(F)(F)F)cc1. The smallest absolute Gasteiger partial charge is 0.307 e. The predicted molar refractivity (Wildman–Crippen MR) is 72.0 cm³/mol. The molecule has 1 unspecified atom stereocenters. The van der Waals surface area contributed by atoms with Crippen LogP contribution in [0.5, 0.6) is 0 Å². The van der Waals surface area contributed by atoms with Gasteiger partial charge in [0.05, 0.1) is 5.56 Å². The van der Waals surface area contributed by atoms with Crippen LogP contribution in [0.1, 0.15) is 57.2 Å². The van der Waals surface area contributed by atoms with Crippen molar-refractivity contribution in [1.82, 2.24) is 5.32 Å². The molecule has 0 aromatic heterocycles. The van der Waals surface area contributed by atoms with Gasteiger partial charge < -0.3 is 5.32 Å². The number of nitrogens with one attached hydrogen (secondary N) is 1. The first kappa shape index (κ1) is 16.0. The molecule has 0 aliphatic heterocycles. The molecular weight excluding hydrogens is 251 g/mol. The Labute approximate surface area is 113 Å². The van der Waals surface area contributed by atoms with Crippen LogP contribution in [-0.2, 0) is 6.18 Å². The maximum Gasteiger partial charge on any atom is 0.416 e. The molecule has 1 nitrogen and oxygen atoms in total. The van der Waals surface area contributed by atoms with Crippen molar-refractivity contribution in [2.75, 3.05) is 0 Å². The van der Waals surface area contributed by atoms with Crippen molar-refractivity contribution in [2.24, 2.45) is 0 Å². The Bertz CT molecular complexity index is 366. The van der Waals surface area contributed by atoms with Crippen LogP contribution in [0.2, 0.25) is 0 Å². The summed E-state index contributed by atoms with van der Waals surface area (Å²) in [7, 11) is 0. The molecule has 0 heterocycles. The minimum atomic E-state index is -4.26. The second kappa shape index (κ2) is 6.94. The molecule has 0 amide bonds. The van der Waals surface area contributed by atoms with Gasteiger partial charge in [0.2, 0.25) is 0 Å². The second-order valence-electron chi connectivity index (χ2n) is 4.76. The molecule has 1 aromatic carbocycles.